The number of hydrogen-bond donors (Lipinski definition) is 0. The summed E-state index contributed by atoms with van der Waals surface area (Å²) in [5, 5.41) is 0. The zero-order valence-corrected chi connectivity index (χ0v) is 11.1. The van der Waals surface area contributed by atoms with Crippen molar-refractivity contribution in [2.24, 2.45) is 0 Å². The lowest BCUT2D eigenvalue weighted by Gasteiger charge is -2.17. The summed E-state index contributed by atoms with van der Waals surface area (Å²) in [5.41, 5.74) is 0.574. The van der Waals surface area contributed by atoms with E-state index in [0.717, 1.165) is 0 Å². The van der Waals surface area contributed by atoms with Crippen LogP contribution < -0.4 is 4.90 Å². The summed E-state index contributed by atoms with van der Waals surface area (Å²) in [6, 6.07) is 6.02. The highest BCUT2D eigenvalue weighted by Gasteiger charge is 2.11. The van der Waals surface area contributed by atoms with Crippen molar-refractivity contribution < 1.29 is 13.9 Å². The standard InChI is InChI=1S/C14H20FNO2/c1-11(2)18-9-5-8-14(17)16(3)13-7-4-6-12(15)10-13/h4,6-7,10-11H,5,8-9H2,1-3H3. The molecule has 0 aliphatic rings. The predicted octanol–water partition coefficient (Wildman–Crippen LogP) is 2.99. The van der Waals surface area contributed by atoms with E-state index in [2.05, 4.69) is 0 Å². The van der Waals surface area contributed by atoms with E-state index in [1.165, 1.54) is 17.0 Å². The van der Waals surface area contributed by atoms with Gasteiger partial charge < -0.3 is 9.64 Å². The third-order valence-corrected chi connectivity index (χ3v) is 2.56. The van der Waals surface area contributed by atoms with E-state index in [9.17, 15) is 9.18 Å². The summed E-state index contributed by atoms with van der Waals surface area (Å²) < 4.78 is 18.4. The molecule has 18 heavy (non-hydrogen) atoms. The molecule has 0 aliphatic carbocycles. The first kappa shape index (κ1) is 14.6. The van der Waals surface area contributed by atoms with Crippen molar-refractivity contribution in [1.29, 1.82) is 0 Å². The van der Waals surface area contributed by atoms with Gasteiger partial charge >= 0.3 is 0 Å². The van der Waals surface area contributed by atoms with Crippen LogP contribution in [0.2, 0.25) is 0 Å². The molecule has 3 nitrogen and oxygen atoms in total. The van der Waals surface area contributed by atoms with Gasteiger partial charge in [-0.2, -0.15) is 0 Å². The van der Waals surface area contributed by atoms with Crippen molar-refractivity contribution in [3.8, 4) is 0 Å². The number of carbonyl (C=O) groups is 1. The summed E-state index contributed by atoms with van der Waals surface area (Å²) >= 11 is 0. The molecular formula is C14H20FNO2. The molecule has 0 aromatic heterocycles. The Balaban J connectivity index is 2.42. The van der Waals surface area contributed by atoms with Crippen LogP contribution in [0.25, 0.3) is 0 Å². The molecule has 0 spiro atoms. The zero-order chi connectivity index (χ0) is 13.5. The number of rotatable bonds is 6. The van der Waals surface area contributed by atoms with E-state index in [0.29, 0.717) is 25.1 Å². The Morgan fingerprint density at radius 1 is 1.44 bits per heavy atom. The number of halogens is 1. The van der Waals surface area contributed by atoms with Gasteiger partial charge in [0, 0.05) is 25.8 Å². The van der Waals surface area contributed by atoms with E-state index in [-0.39, 0.29) is 17.8 Å². The van der Waals surface area contributed by atoms with E-state index in [1.54, 1.807) is 19.2 Å². The topological polar surface area (TPSA) is 29.5 Å². The maximum atomic E-state index is 13.0. The third-order valence-electron chi connectivity index (χ3n) is 2.56. The average molecular weight is 253 g/mol. The van der Waals surface area contributed by atoms with E-state index in [1.807, 2.05) is 13.8 Å². The van der Waals surface area contributed by atoms with Gasteiger partial charge in [0.05, 0.1) is 6.10 Å². The van der Waals surface area contributed by atoms with Gasteiger partial charge in [0.1, 0.15) is 5.82 Å². The maximum absolute atomic E-state index is 13.0. The third kappa shape index (κ3) is 4.84. The van der Waals surface area contributed by atoms with Crippen molar-refractivity contribution in [3.05, 3.63) is 30.1 Å². The summed E-state index contributed by atoms with van der Waals surface area (Å²) in [4.78, 5) is 13.3. The molecule has 0 heterocycles. The van der Waals surface area contributed by atoms with Crippen molar-refractivity contribution in [2.45, 2.75) is 32.8 Å². The lowest BCUT2D eigenvalue weighted by molar-refractivity contribution is -0.118. The Morgan fingerprint density at radius 3 is 2.78 bits per heavy atom. The van der Waals surface area contributed by atoms with Crippen molar-refractivity contribution in [1.82, 2.24) is 0 Å². The van der Waals surface area contributed by atoms with E-state index < -0.39 is 0 Å². The van der Waals surface area contributed by atoms with Crippen LogP contribution in [0.3, 0.4) is 0 Å². The largest absolute Gasteiger partial charge is 0.379 e. The molecule has 1 aromatic carbocycles. The fraction of sp³-hybridized carbons (Fsp3) is 0.500. The Kier molecular flexibility index (Phi) is 5.78. The number of hydrogen-bond acceptors (Lipinski definition) is 2. The molecule has 1 rings (SSSR count). The fourth-order valence-corrected chi connectivity index (χ4v) is 1.54. The van der Waals surface area contributed by atoms with Crippen molar-refractivity contribution >= 4 is 11.6 Å². The van der Waals surface area contributed by atoms with Crippen LogP contribution in [0.15, 0.2) is 24.3 Å². The van der Waals surface area contributed by atoms with Crippen LogP contribution in [0.1, 0.15) is 26.7 Å². The average Bonchev–Trinajstić information content (AvgIpc) is 2.33. The van der Waals surface area contributed by atoms with Gasteiger partial charge in [-0.15, -0.1) is 0 Å². The molecule has 1 amide bonds. The number of nitrogens with zero attached hydrogens (tertiary/aromatic N) is 1. The van der Waals surface area contributed by atoms with Gasteiger partial charge in [0.25, 0.3) is 0 Å². The minimum atomic E-state index is -0.338. The smallest absolute Gasteiger partial charge is 0.226 e. The molecule has 0 saturated carbocycles. The highest BCUT2D eigenvalue weighted by atomic mass is 19.1. The van der Waals surface area contributed by atoms with Crippen LogP contribution in [0, 0.1) is 5.82 Å². The number of benzene rings is 1. The number of amides is 1. The number of anilines is 1. The Morgan fingerprint density at radius 2 is 2.17 bits per heavy atom. The number of ether oxygens (including phenoxy) is 1. The van der Waals surface area contributed by atoms with Gasteiger partial charge in [-0.25, -0.2) is 4.39 Å². The normalized spacial score (nSPS) is 10.7. The number of carbonyl (C=O) groups excluding carboxylic acids is 1. The monoisotopic (exact) mass is 253 g/mol. The first-order chi connectivity index (χ1) is 8.50. The first-order valence-corrected chi connectivity index (χ1v) is 6.14. The second kappa shape index (κ2) is 7.11. The zero-order valence-electron chi connectivity index (χ0n) is 11.1. The van der Waals surface area contributed by atoms with Crippen molar-refractivity contribution in [3.63, 3.8) is 0 Å². The van der Waals surface area contributed by atoms with Crippen LogP contribution in [-0.2, 0) is 9.53 Å². The van der Waals surface area contributed by atoms with E-state index in [4.69, 9.17) is 4.74 Å². The van der Waals surface area contributed by atoms with Crippen LogP contribution in [-0.4, -0.2) is 25.7 Å². The quantitative estimate of drug-likeness (QED) is 0.729. The SMILES string of the molecule is CC(C)OCCCC(=O)N(C)c1cccc(F)c1. The van der Waals surface area contributed by atoms with Crippen LogP contribution in [0.4, 0.5) is 10.1 Å². The second-order valence-corrected chi connectivity index (χ2v) is 4.46. The fourth-order valence-electron chi connectivity index (χ4n) is 1.54. The summed E-state index contributed by atoms with van der Waals surface area (Å²) in [5.74, 6) is -0.372. The molecule has 0 unspecified atom stereocenters. The Bertz CT molecular complexity index is 393. The molecule has 0 atom stereocenters. The van der Waals surface area contributed by atoms with Gasteiger partial charge in [-0.1, -0.05) is 6.07 Å². The molecule has 0 N–H and O–H groups in total. The second-order valence-electron chi connectivity index (χ2n) is 4.46. The van der Waals surface area contributed by atoms with Gasteiger partial charge in [-0.05, 0) is 38.5 Å². The molecule has 100 valence electrons. The lowest BCUT2D eigenvalue weighted by atomic mass is 10.2. The molecule has 0 radical (unpaired) electrons. The summed E-state index contributed by atoms with van der Waals surface area (Å²) in [7, 11) is 1.65. The summed E-state index contributed by atoms with van der Waals surface area (Å²) in [6.07, 6.45) is 1.26. The highest BCUT2D eigenvalue weighted by Crippen LogP contribution is 2.15. The Hall–Kier alpha value is -1.42. The van der Waals surface area contributed by atoms with E-state index >= 15 is 0 Å². The molecule has 1 aromatic rings. The predicted molar refractivity (Wildman–Crippen MR) is 70.1 cm³/mol. The molecule has 0 saturated heterocycles. The minimum absolute atomic E-state index is 0.0343. The maximum Gasteiger partial charge on any atom is 0.226 e. The lowest BCUT2D eigenvalue weighted by Crippen LogP contribution is -2.26. The molecular weight excluding hydrogens is 233 g/mol. The molecule has 0 aliphatic heterocycles. The van der Waals surface area contributed by atoms with Crippen molar-refractivity contribution in [2.75, 3.05) is 18.6 Å². The summed E-state index contributed by atoms with van der Waals surface area (Å²) in [6.45, 7) is 4.49. The molecule has 0 fully saturated rings. The molecule has 0 bridgehead atoms. The van der Waals surface area contributed by atoms with Gasteiger partial charge in [-0.3, -0.25) is 4.79 Å². The van der Waals surface area contributed by atoms with Gasteiger partial charge in [0.15, 0.2) is 0 Å². The van der Waals surface area contributed by atoms with Crippen LogP contribution >= 0.6 is 0 Å². The Labute approximate surface area is 108 Å². The highest BCUT2D eigenvalue weighted by molar-refractivity contribution is 5.92. The molecule has 4 heteroatoms. The minimum Gasteiger partial charge on any atom is -0.379 e. The van der Waals surface area contributed by atoms with Crippen LogP contribution in [0.5, 0.6) is 0 Å². The van der Waals surface area contributed by atoms with Gasteiger partial charge in [0.2, 0.25) is 5.91 Å². The first-order valence-electron chi connectivity index (χ1n) is 6.14.